The second-order valence-electron chi connectivity index (χ2n) is 3.75. The fourth-order valence-corrected chi connectivity index (χ4v) is 2.17. The number of aryl methyl sites for hydroxylation is 1. The molecule has 0 unspecified atom stereocenters. The number of nitrogens with zero attached hydrogens (tertiary/aromatic N) is 2. The summed E-state index contributed by atoms with van der Waals surface area (Å²) in [6.45, 7) is 1.61. The average molecular weight is 343 g/mol. The van der Waals surface area contributed by atoms with Gasteiger partial charge in [0.1, 0.15) is 0 Å². The van der Waals surface area contributed by atoms with E-state index in [1.807, 2.05) is 6.07 Å². The number of rotatable bonds is 3. The lowest BCUT2D eigenvalue weighted by Crippen LogP contribution is -2.06. The third-order valence-electron chi connectivity index (χ3n) is 2.39. The molecule has 7 heteroatoms. The van der Waals surface area contributed by atoms with Gasteiger partial charge in [-0.25, -0.2) is 14.8 Å². The van der Waals surface area contributed by atoms with Crippen LogP contribution in [0.5, 0.6) is 0 Å². The molecule has 1 heterocycles. The van der Waals surface area contributed by atoms with Crippen molar-refractivity contribution in [3.05, 3.63) is 45.1 Å². The fraction of sp³-hybridized carbons (Fsp3) is 0.0833. The predicted molar refractivity (Wildman–Crippen MR) is 76.2 cm³/mol. The highest BCUT2D eigenvalue weighted by Gasteiger charge is 2.10. The van der Waals surface area contributed by atoms with Crippen molar-refractivity contribution in [3.63, 3.8) is 0 Å². The third kappa shape index (κ3) is 3.21. The van der Waals surface area contributed by atoms with E-state index in [4.69, 9.17) is 16.7 Å². The number of hydrogen-bond acceptors (Lipinski definition) is 4. The summed E-state index contributed by atoms with van der Waals surface area (Å²) in [4.78, 5) is 18.9. The number of hydrogen-bond donors (Lipinski definition) is 2. The van der Waals surface area contributed by atoms with Crippen molar-refractivity contribution in [2.24, 2.45) is 0 Å². The largest absolute Gasteiger partial charge is 0.478 e. The number of nitrogens with one attached hydrogen (secondary N) is 1. The summed E-state index contributed by atoms with van der Waals surface area (Å²) < 4.78 is 0.862. The standard InChI is InChI=1S/C12H9BrClN3O2/c1-6-8(11(18)19)5-15-12(16-6)17-10-3-2-7(13)4-9(10)14/h2-5H,1H3,(H,18,19)(H,15,16,17). The molecule has 1 aromatic carbocycles. The molecule has 2 N–H and O–H groups in total. The number of carboxylic acid groups (broad SMARTS) is 1. The Morgan fingerprint density at radius 2 is 2.21 bits per heavy atom. The average Bonchev–Trinajstić information content (AvgIpc) is 2.32. The Labute approximate surface area is 122 Å². The lowest BCUT2D eigenvalue weighted by atomic mass is 10.2. The van der Waals surface area contributed by atoms with Gasteiger partial charge in [-0.2, -0.15) is 0 Å². The summed E-state index contributed by atoms with van der Waals surface area (Å²) in [5.41, 5.74) is 1.11. The normalized spacial score (nSPS) is 10.3. The molecule has 0 fully saturated rings. The summed E-state index contributed by atoms with van der Waals surface area (Å²) in [6.07, 6.45) is 1.26. The van der Waals surface area contributed by atoms with E-state index in [-0.39, 0.29) is 5.56 Å². The molecule has 0 aliphatic carbocycles. The number of halogens is 2. The Morgan fingerprint density at radius 3 is 2.79 bits per heavy atom. The Morgan fingerprint density at radius 1 is 1.47 bits per heavy atom. The van der Waals surface area contributed by atoms with E-state index in [0.717, 1.165) is 4.47 Å². The smallest absolute Gasteiger partial charge is 0.339 e. The van der Waals surface area contributed by atoms with Crippen LogP contribution in [0.4, 0.5) is 11.6 Å². The highest BCUT2D eigenvalue weighted by Crippen LogP contribution is 2.27. The molecule has 5 nitrogen and oxygen atoms in total. The quantitative estimate of drug-likeness (QED) is 0.890. The third-order valence-corrected chi connectivity index (χ3v) is 3.19. The van der Waals surface area contributed by atoms with Crippen molar-refractivity contribution >= 4 is 45.1 Å². The van der Waals surface area contributed by atoms with E-state index in [0.29, 0.717) is 22.4 Å². The van der Waals surface area contributed by atoms with Crippen LogP contribution in [0.2, 0.25) is 5.02 Å². The van der Waals surface area contributed by atoms with Crippen LogP contribution in [0.1, 0.15) is 16.1 Å². The molecule has 0 saturated heterocycles. The first-order valence-electron chi connectivity index (χ1n) is 5.26. The number of carbonyl (C=O) groups is 1. The first kappa shape index (κ1) is 13.8. The van der Waals surface area contributed by atoms with Gasteiger partial charge >= 0.3 is 5.97 Å². The van der Waals surface area contributed by atoms with Crippen molar-refractivity contribution in [1.29, 1.82) is 0 Å². The highest BCUT2D eigenvalue weighted by molar-refractivity contribution is 9.10. The van der Waals surface area contributed by atoms with Crippen molar-refractivity contribution in [2.45, 2.75) is 6.92 Å². The molecule has 0 bridgehead atoms. The molecule has 0 spiro atoms. The Bertz CT molecular complexity index is 649. The van der Waals surface area contributed by atoms with E-state index < -0.39 is 5.97 Å². The van der Waals surface area contributed by atoms with E-state index >= 15 is 0 Å². The molecule has 19 heavy (non-hydrogen) atoms. The summed E-state index contributed by atoms with van der Waals surface area (Å²) in [5, 5.41) is 12.3. The maximum Gasteiger partial charge on any atom is 0.339 e. The van der Waals surface area contributed by atoms with Crippen LogP contribution in [0.15, 0.2) is 28.9 Å². The van der Waals surface area contributed by atoms with Gasteiger partial charge in [-0.15, -0.1) is 0 Å². The SMILES string of the molecule is Cc1nc(Nc2ccc(Br)cc2Cl)ncc1C(=O)O. The number of benzene rings is 1. The summed E-state index contributed by atoms with van der Waals surface area (Å²) >= 11 is 9.37. The van der Waals surface area contributed by atoms with Crippen molar-refractivity contribution in [3.8, 4) is 0 Å². The van der Waals surface area contributed by atoms with Gasteiger partial charge in [0, 0.05) is 10.7 Å². The molecule has 0 amide bonds. The molecule has 1 aromatic heterocycles. The molecule has 0 radical (unpaired) electrons. The van der Waals surface area contributed by atoms with Gasteiger partial charge < -0.3 is 10.4 Å². The summed E-state index contributed by atoms with van der Waals surface area (Å²) in [6, 6.07) is 5.34. The number of carboxylic acids is 1. The molecule has 0 atom stereocenters. The molecule has 0 saturated carbocycles. The molecule has 2 aromatic rings. The van der Waals surface area contributed by atoms with Crippen molar-refractivity contribution in [2.75, 3.05) is 5.32 Å². The second-order valence-corrected chi connectivity index (χ2v) is 5.07. The molecule has 0 aliphatic rings. The summed E-state index contributed by atoms with van der Waals surface area (Å²) in [7, 11) is 0. The van der Waals surface area contributed by atoms with Crippen LogP contribution >= 0.6 is 27.5 Å². The minimum atomic E-state index is -1.05. The zero-order chi connectivity index (χ0) is 14.0. The zero-order valence-corrected chi connectivity index (χ0v) is 12.2. The van der Waals surface area contributed by atoms with E-state index in [9.17, 15) is 4.79 Å². The van der Waals surface area contributed by atoms with Gasteiger partial charge in [0.25, 0.3) is 0 Å². The number of aromatic carboxylic acids is 1. The van der Waals surface area contributed by atoms with Crippen LogP contribution < -0.4 is 5.32 Å². The molecule has 2 rings (SSSR count). The zero-order valence-electron chi connectivity index (χ0n) is 9.82. The van der Waals surface area contributed by atoms with Gasteiger partial charge in [0.15, 0.2) is 0 Å². The lowest BCUT2D eigenvalue weighted by Gasteiger charge is -2.08. The van der Waals surface area contributed by atoms with Gasteiger partial charge in [0.2, 0.25) is 5.95 Å². The first-order valence-corrected chi connectivity index (χ1v) is 6.43. The molecular weight excluding hydrogens is 334 g/mol. The van der Waals surface area contributed by atoms with Gasteiger partial charge in [-0.1, -0.05) is 27.5 Å². The Balaban J connectivity index is 2.29. The Kier molecular flexibility index (Phi) is 4.01. The Hall–Kier alpha value is -1.66. The van der Waals surface area contributed by atoms with Crippen LogP contribution in [-0.4, -0.2) is 21.0 Å². The number of anilines is 2. The first-order chi connectivity index (χ1) is 8.97. The van der Waals surface area contributed by atoms with Gasteiger partial charge in [-0.3, -0.25) is 0 Å². The van der Waals surface area contributed by atoms with Crippen molar-refractivity contribution < 1.29 is 9.90 Å². The minimum absolute atomic E-state index is 0.0763. The van der Waals surface area contributed by atoms with E-state index in [1.54, 1.807) is 19.1 Å². The number of aromatic nitrogens is 2. The summed E-state index contributed by atoms with van der Waals surface area (Å²) in [5.74, 6) is -0.752. The van der Waals surface area contributed by atoms with Crippen molar-refractivity contribution in [1.82, 2.24) is 9.97 Å². The highest BCUT2D eigenvalue weighted by atomic mass is 79.9. The van der Waals surface area contributed by atoms with Gasteiger partial charge in [-0.05, 0) is 25.1 Å². The van der Waals surface area contributed by atoms with Crippen LogP contribution in [-0.2, 0) is 0 Å². The van der Waals surface area contributed by atoms with Crippen LogP contribution in [0, 0.1) is 6.92 Å². The monoisotopic (exact) mass is 341 g/mol. The molecule has 0 aliphatic heterocycles. The van der Waals surface area contributed by atoms with Gasteiger partial charge in [0.05, 0.1) is 22.0 Å². The second kappa shape index (κ2) is 5.54. The van der Waals surface area contributed by atoms with E-state index in [2.05, 4.69) is 31.2 Å². The van der Waals surface area contributed by atoms with Crippen LogP contribution in [0.25, 0.3) is 0 Å². The predicted octanol–water partition coefficient (Wildman–Crippen LogP) is 3.64. The fourth-order valence-electron chi connectivity index (χ4n) is 1.45. The molecular formula is C12H9BrClN3O2. The van der Waals surface area contributed by atoms with E-state index in [1.165, 1.54) is 6.20 Å². The maximum atomic E-state index is 10.9. The minimum Gasteiger partial charge on any atom is -0.478 e. The lowest BCUT2D eigenvalue weighted by molar-refractivity contribution is 0.0695. The van der Waals surface area contributed by atoms with Crippen LogP contribution in [0.3, 0.4) is 0 Å². The maximum absolute atomic E-state index is 10.9. The topological polar surface area (TPSA) is 75.1 Å². The molecule has 98 valence electrons.